The van der Waals surface area contributed by atoms with Crippen LogP contribution in [0.25, 0.3) is 0 Å². The van der Waals surface area contributed by atoms with Gasteiger partial charge in [0.25, 0.3) is 0 Å². The topological polar surface area (TPSA) is 55.1 Å². The fraction of sp³-hybridized carbons (Fsp3) is 0.500. The molecule has 3 nitrogen and oxygen atoms in total. The molecule has 0 fully saturated rings. The summed E-state index contributed by atoms with van der Waals surface area (Å²) in [6.45, 7) is 7.98. The summed E-state index contributed by atoms with van der Waals surface area (Å²) in [5.41, 5.74) is 6.49. The second-order valence-corrected chi connectivity index (χ2v) is 6.63. The molecule has 0 bridgehead atoms. The van der Waals surface area contributed by atoms with Crippen LogP contribution in [0, 0.1) is 5.41 Å². The normalized spacial score (nSPS) is 12.5. The van der Waals surface area contributed by atoms with Crippen LogP contribution >= 0.6 is 24.2 Å². The Kier molecular flexibility index (Phi) is 7.49. The van der Waals surface area contributed by atoms with E-state index in [1.165, 1.54) is 0 Å². The minimum absolute atomic E-state index is 0. The van der Waals surface area contributed by atoms with E-state index in [1.807, 2.05) is 45.0 Å². The Bertz CT molecular complexity index is 418. The van der Waals surface area contributed by atoms with Gasteiger partial charge >= 0.3 is 0 Å². The number of hydrogen-bond donors (Lipinski definition) is 2. The highest BCUT2D eigenvalue weighted by Gasteiger charge is 2.27. The summed E-state index contributed by atoms with van der Waals surface area (Å²) in [7, 11) is 0. The number of nitrogens with two attached hydrogens (primary N) is 1. The van der Waals surface area contributed by atoms with E-state index in [0.29, 0.717) is 0 Å². The van der Waals surface area contributed by atoms with Crippen LogP contribution in [0.5, 0.6) is 0 Å². The van der Waals surface area contributed by atoms with Crippen molar-refractivity contribution in [3.8, 4) is 0 Å². The molecule has 0 aromatic heterocycles. The van der Waals surface area contributed by atoms with Crippen LogP contribution in [0.15, 0.2) is 29.2 Å². The fourth-order valence-corrected chi connectivity index (χ4v) is 2.16. The number of anilines is 1. The average molecular weight is 303 g/mol. The number of carbonyl (C=O) groups is 1. The summed E-state index contributed by atoms with van der Waals surface area (Å²) in [5.74, 6) is 0.875. The van der Waals surface area contributed by atoms with Crippen LogP contribution in [0.2, 0.25) is 0 Å². The monoisotopic (exact) mass is 302 g/mol. The third-order valence-corrected chi connectivity index (χ3v) is 3.50. The van der Waals surface area contributed by atoms with E-state index >= 15 is 0 Å². The van der Waals surface area contributed by atoms with E-state index in [-0.39, 0.29) is 23.7 Å². The highest BCUT2D eigenvalue weighted by molar-refractivity contribution is 7.99. The maximum atomic E-state index is 12.0. The molecule has 0 saturated carbocycles. The molecule has 0 aliphatic carbocycles. The number of hydrogen-bond acceptors (Lipinski definition) is 3. The zero-order valence-electron chi connectivity index (χ0n) is 11.9. The van der Waals surface area contributed by atoms with Crippen LogP contribution < -0.4 is 11.1 Å². The fourth-order valence-electron chi connectivity index (χ4n) is 1.44. The Hall–Kier alpha value is -0.710. The molecule has 0 heterocycles. The van der Waals surface area contributed by atoms with Gasteiger partial charge in [-0.15, -0.1) is 24.2 Å². The lowest BCUT2D eigenvalue weighted by atomic mass is 9.87. The molecule has 5 heteroatoms. The quantitative estimate of drug-likeness (QED) is 0.837. The van der Waals surface area contributed by atoms with Gasteiger partial charge in [-0.2, -0.15) is 0 Å². The summed E-state index contributed by atoms with van der Waals surface area (Å²) in [6.07, 6.45) is 0. The van der Waals surface area contributed by atoms with Crippen LogP contribution in [0.4, 0.5) is 5.69 Å². The van der Waals surface area contributed by atoms with Gasteiger partial charge in [-0.1, -0.05) is 33.8 Å². The van der Waals surface area contributed by atoms with Gasteiger partial charge < -0.3 is 11.1 Å². The first-order valence-corrected chi connectivity index (χ1v) is 7.12. The zero-order chi connectivity index (χ0) is 13.8. The Morgan fingerprint density at radius 1 is 1.42 bits per heavy atom. The molecule has 3 N–H and O–H groups in total. The number of carbonyl (C=O) groups excluding carboxylic acids is 1. The van der Waals surface area contributed by atoms with Gasteiger partial charge in [0.15, 0.2) is 0 Å². The largest absolute Gasteiger partial charge is 0.325 e. The van der Waals surface area contributed by atoms with Crippen molar-refractivity contribution in [1.82, 2.24) is 0 Å². The molecule has 0 unspecified atom stereocenters. The zero-order valence-corrected chi connectivity index (χ0v) is 13.5. The number of thioether (sulfide) groups is 1. The summed E-state index contributed by atoms with van der Waals surface area (Å²) >= 11 is 1.75. The minimum atomic E-state index is -0.514. The van der Waals surface area contributed by atoms with E-state index in [9.17, 15) is 4.79 Å². The van der Waals surface area contributed by atoms with Crippen molar-refractivity contribution in [2.24, 2.45) is 11.1 Å². The lowest BCUT2D eigenvalue weighted by Gasteiger charge is -2.25. The summed E-state index contributed by atoms with van der Waals surface area (Å²) in [4.78, 5) is 13.1. The molecular weight excluding hydrogens is 280 g/mol. The minimum Gasteiger partial charge on any atom is -0.325 e. The molecule has 1 aromatic rings. The van der Waals surface area contributed by atoms with E-state index in [4.69, 9.17) is 5.73 Å². The van der Waals surface area contributed by atoms with Crippen LogP contribution in [-0.4, -0.2) is 17.7 Å². The van der Waals surface area contributed by atoms with Gasteiger partial charge in [-0.3, -0.25) is 4.79 Å². The predicted molar refractivity (Wildman–Crippen MR) is 86.1 cm³/mol. The summed E-state index contributed by atoms with van der Waals surface area (Å²) < 4.78 is 0. The third-order valence-electron chi connectivity index (χ3n) is 2.63. The first-order valence-electron chi connectivity index (χ1n) is 6.14. The molecule has 0 aliphatic rings. The van der Waals surface area contributed by atoms with E-state index < -0.39 is 6.04 Å². The van der Waals surface area contributed by atoms with Crippen molar-refractivity contribution >= 4 is 35.8 Å². The average Bonchev–Trinajstić information content (AvgIpc) is 2.27. The molecule has 0 radical (unpaired) electrons. The third kappa shape index (κ3) is 5.85. The molecule has 0 spiro atoms. The van der Waals surface area contributed by atoms with Crippen molar-refractivity contribution < 1.29 is 4.79 Å². The number of halogens is 1. The van der Waals surface area contributed by atoms with Gasteiger partial charge in [0.1, 0.15) is 0 Å². The SMILES string of the molecule is CCSc1cccc(NC(=O)[C@@H](N)C(C)(C)C)c1.Cl. The first kappa shape index (κ1) is 18.3. The Balaban J connectivity index is 0.00000324. The van der Waals surface area contributed by atoms with Gasteiger partial charge in [0, 0.05) is 10.6 Å². The lowest BCUT2D eigenvalue weighted by Crippen LogP contribution is -2.45. The molecule has 1 rings (SSSR count). The van der Waals surface area contributed by atoms with Gasteiger partial charge in [-0.25, -0.2) is 0 Å². The maximum absolute atomic E-state index is 12.0. The second kappa shape index (κ2) is 7.78. The predicted octanol–water partition coefficient (Wildman–Crippen LogP) is 3.53. The van der Waals surface area contributed by atoms with Crippen molar-refractivity contribution in [3.05, 3.63) is 24.3 Å². The summed E-state index contributed by atoms with van der Waals surface area (Å²) in [6, 6.07) is 7.32. The van der Waals surface area contributed by atoms with Crippen molar-refractivity contribution in [2.45, 2.75) is 38.6 Å². The molecule has 1 aromatic carbocycles. The number of nitrogens with one attached hydrogen (secondary N) is 1. The number of amides is 1. The molecular formula is C14H23ClN2OS. The van der Waals surface area contributed by atoms with Crippen LogP contribution in [-0.2, 0) is 4.79 Å². The van der Waals surface area contributed by atoms with E-state index in [0.717, 1.165) is 16.3 Å². The molecule has 0 aliphatic heterocycles. The van der Waals surface area contributed by atoms with Crippen molar-refractivity contribution in [1.29, 1.82) is 0 Å². The van der Waals surface area contributed by atoms with Crippen LogP contribution in [0.3, 0.4) is 0 Å². The molecule has 0 saturated heterocycles. The van der Waals surface area contributed by atoms with Gasteiger partial charge in [-0.05, 0) is 29.4 Å². The first-order chi connectivity index (χ1) is 8.34. The van der Waals surface area contributed by atoms with Crippen molar-refractivity contribution in [3.63, 3.8) is 0 Å². The van der Waals surface area contributed by atoms with Crippen molar-refractivity contribution in [2.75, 3.05) is 11.1 Å². The Morgan fingerprint density at radius 2 is 2.05 bits per heavy atom. The van der Waals surface area contributed by atoms with Gasteiger partial charge in [0.05, 0.1) is 6.04 Å². The molecule has 19 heavy (non-hydrogen) atoms. The second-order valence-electron chi connectivity index (χ2n) is 5.29. The van der Waals surface area contributed by atoms with E-state index in [2.05, 4.69) is 12.2 Å². The van der Waals surface area contributed by atoms with Crippen LogP contribution in [0.1, 0.15) is 27.7 Å². The van der Waals surface area contributed by atoms with Gasteiger partial charge in [0.2, 0.25) is 5.91 Å². The molecule has 108 valence electrons. The highest BCUT2D eigenvalue weighted by Crippen LogP contribution is 2.23. The Labute approximate surface area is 126 Å². The van der Waals surface area contributed by atoms with E-state index in [1.54, 1.807) is 11.8 Å². The molecule has 1 amide bonds. The summed E-state index contributed by atoms with van der Waals surface area (Å²) in [5, 5.41) is 2.87. The number of rotatable bonds is 4. The molecule has 1 atom stereocenters. The number of benzene rings is 1. The maximum Gasteiger partial charge on any atom is 0.241 e. The smallest absolute Gasteiger partial charge is 0.241 e. The highest BCUT2D eigenvalue weighted by atomic mass is 35.5. The standard InChI is InChI=1S/C14H22N2OS.ClH/c1-5-18-11-8-6-7-10(9-11)16-13(17)12(15)14(2,3)4;/h6-9,12H,5,15H2,1-4H3,(H,16,17);1H/t12-;/m1./s1. The Morgan fingerprint density at radius 3 is 2.58 bits per heavy atom. The lowest BCUT2D eigenvalue weighted by molar-refractivity contribution is -0.119.